The van der Waals surface area contributed by atoms with Crippen LogP contribution in [0.25, 0.3) is 21.9 Å². The molecule has 11 rings (SSSR count). The highest BCUT2D eigenvalue weighted by Crippen LogP contribution is 2.56. The first-order valence-electron chi connectivity index (χ1n) is 19.4. The molecule has 0 aliphatic carbocycles. The predicted octanol–water partition coefficient (Wildman–Crippen LogP) is 11.4. The summed E-state index contributed by atoms with van der Waals surface area (Å²) < 4.78 is 0. The van der Waals surface area contributed by atoms with Crippen LogP contribution < -0.4 is 20.5 Å². The highest BCUT2D eigenvalue weighted by Gasteiger charge is 2.50. The minimum atomic E-state index is -1.89. The second-order valence-corrected chi connectivity index (χ2v) is 18.7. The third kappa shape index (κ3) is 5.08. The zero-order chi connectivity index (χ0) is 37.1. The fraction of sp³-hybridized carbons (Fsp3) is 0.0189. The molecule has 2 aliphatic rings. The van der Waals surface area contributed by atoms with Crippen LogP contribution in [0, 0.1) is 0 Å². The van der Waals surface area contributed by atoms with Crippen LogP contribution in [-0.4, -0.2) is 8.80 Å². The summed E-state index contributed by atoms with van der Waals surface area (Å²) in [4.78, 5) is 5.08. The maximum Gasteiger partial charge on any atom is 0.133 e. The average molecular weight is 748 g/mol. The summed E-state index contributed by atoms with van der Waals surface area (Å²) in [7, 11) is -1.89. The number of fused-ring (bicyclic) bond motifs is 9. The van der Waals surface area contributed by atoms with E-state index in [0.29, 0.717) is 0 Å². The van der Waals surface area contributed by atoms with E-state index in [9.17, 15) is 0 Å². The Hall–Kier alpha value is -6.39. The Balaban J connectivity index is 1.17. The van der Waals surface area contributed by atoms with Gasteiger partial charge in [0.15, 0.2) is 0 Å². The van der Waals surface area contributed by atoms with Crippen LogP contribution >= 0.6 is 11.8 Å². The molecule has 0 N–H and O–H groups in total. The molecule has 264 valence electrons. The number of anilines is 3. The van der Waals surface area contributed by atoms with Crippen molar-refractivity contribution >= 4 is 64.0 Å². The van der Waals surface area contributed by atoms with Gasteiger partial charge < -0.3 is 4.90 Å². The van der Waals surface area contributed by atoms with Crippen molar-refractivity contribution in [2.75, 3.05) is 4.90 Å². The Morgan fingerprint density at radius 2 is 0.946 bits per heavy atom. The molecule has 56 heavy (non-hydrogen) atoms. The van der Waals surface area contributed by atoms with E-state index in [2.05, 4.69) is 223 Å². The van der Waals surface area contributed by atoms with Crippen LogP contribution in [0.15, 0.2) is 228 Å². The third-order valence-electron chi connectivity index (χ3n) is 11.9. The summed E-state index contributed by atoms with van der Waals surface area (Å²) in [5, 5.41) is 6.95. The highest BCUT2D eigenvalue weighted by molar-refractivity contribution is 7.99. The van der Waals surface area contributed by atoms with Crippen molar-refractivity contribution in [3.63, 3.8) is 0 Å². The molecule has 1 unspecified atom stereocenters. The maximum atomic E-state index is 2.55. The quantitative estimate of drug-likeness (QED) is 0.161. The molecule has 9 aromatic rings. The number of hydrogen-bond donors (Lipinski definition) is 0. The first-order valence-corrected chi connectivity index (χ1v) is 21.9. The lowest BCUT2D eigenvalue weighted by Crippen LogP contribution is -2.62. The summed E-state index contributed by atoms with van der Waals surface area (Å²) in [6, 6.07) is 81.6. The molecule has 3 heteroatoms. The van der Waals surface area contributed by atoms with E-state index < -0.39 is 14.2 Å². The van der Waals surface area contributed by atoms with Crippen LogP contribution in [0.3, 0.4) is 0 Å². The lowest BCUT2D eigenvalue weighted by molar-refractivity contribution is 0.708. The second-order valence-electron chi connectivity index (χ2n) is 14.8. The van der Waals surface area contributed by atoms with Gasteiger partial charge in [0.1, 0.15) is 8.80 Å². The van der Waals surface area contributed by atoms with Gasteiger partial charge >= 0.3 is 0 Å². The number of para-hydroxylation sites is 1. The average Bonchev–Trinajstić information content (AvgIpc) is 3.27. The molecule has 9 aromatic carbocycles. The Kier molecular flexibility index (Phi) is 7.90. The molecule has 0 saturated carbocycles. The van der Waals surface area contributed by atoms with Crippen LogP contribution in [-0.2, 0) is 5.41 Å². The molecule has 1 spiro atoms. The van der Waals surface area contributed by atoms with E-state index in [-0.39, 0.29) is 0 Å². The van der Waals surface area contributed by atoms with E-state index >= 15 is 0 Å². The molecular formula is C53H37NSSi. The number of nitrogens with zero attached hydrogens (tertiary/aromatic N) is 1. The van der Waals surface area contributed by atoms with Crippen LogP contribution in [0.4, 0.5) is 17.1 Å². The summed E-state index contributed by atoms with van der Waals surface area (Å²) in [6.45, 7) is 0. The van der Waals surface area contributed by atoms with Gasteiger partial charge in [0.05, 0.1) is 5.41 Å². The Morgan fingerprint density at radius 1 is 0.393 bits per heavy atom. The molecule has 0 aromatic heterocycles. The predicted molar refractivity (Wildman–Crippen MR) is 239 cm³/mol. The van der Waals surface area contributed by atoms with Gasteiger partial charge in [-0.25, -0.2) is 0 Å². The molecule has 0 amide bonds. The minimum Gasteiger partial charge on any atom is -0.310 e. The molecule has 2 aliphatic heterocycles. The number of benzene rings is 9. The molecule has 0 bridgehead atoms. The largest absolute Gasteiger partial charge is 0.310 e. The van der Waals surface area contributed by atoms with E-state index in [0.717, 1.165) is 17.1 Å². The molecule has 2 heterocycles. The van der Waals surface area contributed by atoms with Gasteiger partial charge in [0.2, 0.25) is 0 Å². The standard InChI is InChI=1S/C53H37NSSi/c1-3-18-39(19-4-1)54(40-32-30-38(31-33-40)44-23-15-17-37-16-7-8-22-43(37)44)41-34-35-52-48(36-41)53(45-24-9-12-27-49(45)55-50-28-13-10-25-46(50)53)47-26-11-14-29-51(47)56(52)42-20-5-2-6-21-42/h1-36,56H. The second kappa shape index (κ2) is 13.4. The van der Waals surface area contributed by atoms with Crippen LogP contribution in [0.2, 0.25) is 0 Å². The normalized spacial score (nSPS) is 14.7. The first kappa shape index (κ1) is 33.0. The van der Waals surface area contributed by atoms with Crippen molar-refractivity contribution in [3.05, 3.63) is 241 Å². The zero-order valence-corrected chi connectivity index (χ0v) is 32.7. The minimum absolute atomic E-state index is 0.487. The maximum absolute atomic E-state index is 2.55. The smallest absolute Gasteiger partial charge is 0.133 e. The molecule has 0 saturated heterocycles. The van der Waals surface area contributed by atoms with Gasteiger partial charge in [-0.1, -0.05) is 187 Å². The van der Waals surface area contributed by atoms with Crippen molar-refractivity contribution in [3.8, 4) is 11.1 Å². The van der Waals surface area contributed by atoms with Gasteiger partial charge in [-0.3, -0.25) is 0 Å². The topological polar surface area (TPSA) is 3.24 Å². The lowest BCUT2D eigenvalue weighted by atomic mass is 9.64. The fourth-order valence-electron chi connectivity index (χ4n) is 9.53. The summed E-state index contributed by atoms with van der Waals surface area (Å²) in [5.41, 5.74) is 10.9. The van der Waals surface area contributed by atoms with Crippen molar-refractivity contribution < 1.29 is 0 Å². The Morgan fingerprint density at radius 3 is 1.70 bits per heavy atom. The van der Waals surface area contributed by atoms with Gasteiger partial charge in [0.25, 0.3) is 0 Å². The van der Waals surface area contributed by atoms with Gasteiger partial charge in [-0.05, 0) is 103 Å². The van der Waals surface area contributed by atoms with Gasteiger partial charge in [0, 0.05) is 26.9 Å². The molecule has 1 atom stereocenters. The van der Waals surface area contributed by atoms with Crippen molar-refractivity contribution in [2.45, 2.75) is 15.2 Å². The Labute approximate surface area is 334 Å². The fourth-order valence-corrected chi connectivity index (χ4v) is 14.2. The number of hydrogen-bond acceptors (Lipinski definition) is 2. The molecule has 1 nitrogen and oxygen atoms in total. The first-order chi connectivity index (χ1) is 27.8. The highest BCUT2D eigenvalue weighted by atomic mass is 32.2. The van der Waals surface area contributed by atoms with Crippen molar-refractivity contribution in [1.29, 1.82) is 0 Å². The van der Waals surface area contributed by atoms with E-state index in [1.165, 1.54) is 69.5 Å². The molecule has 0 radical (unpaired) electrons. The van der Waals surface area contributed by atoms with Crippen LogP contribution in [0.5, 0.6) is 0 Å². The Bertz CT molecular complexity index is 2850. The van der Waals surface area contributed by atoms with Crippen LogP contribution in [0.1, 0.15) is 22.3 Å². The SMILES string of the molecule is c1ccc(N(c2ccc(-c3cccc4ccccc34)cc2)c2ccc3c(c2)C2(c4ccccc4Sc4ccccc42)c2ccccc2[SiH]3c2ccccc2)cc1. The van der Waals surface area contributed by atoms with Crippen molar-refractivity contribution in [2.24, 2.45) is 0 Å². The summed E-state index contributed by atoms with van der Waals surface area (Å²) in [6.07, 6.45) is 0. The summed E-state index contributed by atoms with van der Waals surface area (Å²) in [5.74, 6) is 0. The van der Waals surface area contributed by atoms with Crippen molar-refractivity contribution in [1.82, 2.24) is 0 Å². The van der Waals surface area contributed by atoms with E-state index in [1.807, 2.05) is 11.8 Å². The zero-order valence-electron chi connectivity index (χ0n) is 30.7. The lowest BCUT2D eigenvalue weighted by Gasteiger charge is -2.48. The third-order valence-corrected chi connectivity index (χ3v) is 16.3. The molecular weight excluding hydrogens is 711 g/mol. The molecule has 0 fully saturated rings. The van der Waals surface area contributed by atoms with E-state index in [1.54, 1.807) is 0 Å². The van der Waals surface area contributed by atoms with Gasteiger partial charge in [-0.2, -0.15) is 0 Å². The number of rotatable bonds is 5. The van der Waals surface area contributed by atoms with E-state index in [4.69, 9.17) is 0 Å². The monoisotopic (exact) mass is 747 g/mol. The van der Waals surface area contributed by atoms with Gasteiger partial charge in [-0.15, -0.1) is 0 Å². The summed E-state index contributed by atoms with van der Waals surface area (Å²) >= 11 is 1.90.